The van der Waals surface area contributed by atoms with Gasteiger partial charge in [-0.3, -0.25) is 4.52 Å². The van der Waals surface area contributed by atoms with E-state index in [2.05, 4.69) is 31.4 Å². The topological polar surface area (TPSA) is 147 Å². The molecular formula is C14H13BrFN5O5S. The number of aryl methyl sites for hydroxylation is 1. The van der Waals surface area contributed by atoms with Crippen molar-refractivity contribution in [3.8, 4) is 17.2 Å². The SMILES string of the molecule is NS(=O)(=O)CCCCc1nonc1-c1noc(=O)n1-c1ccc(F)c(Br)c1. The van der Waals surface area contributed by atoms with Crippen LogP contribution in [0, 0.1) is 5.82 Å². The molecule has 0 aliphatic heterocycles. The Labute approximate surface area is 160 Å². The molecule has 2 heterocycles. The van der Waals surface area contributed by atoms with Gasteiger partial charge in [-0.2, -0.15) is 0 Å². The summed E-state index contributed by atoms with van der Waals surface area (Å²) in [5.74, 6) is -1.43. The number of nitrogens with zero attached hydrogens (tertiary/aromatic N) is 4. The van der Waals surface area contributed by atoms with Gasteiger partial charge in [0.2, 0.25) is 15.8 Å². The van der Waals surface area contributed by atoms with Gasteiger partial charge in [0.1, 0.15) is 11.5 Å². The Bertz CT molecular complexity index is 1120. The third-order valence-corrected chi connectivity index (χ3v) is 5.09. The number of aromatic nitrogens is 4. The largest absolute Gasteiger partial charge is 0.446 e. The van der Waals surface area contributed by atoms with Crippen LogP contribution in [0.3, 0.4) is 0 Å². The molecule has 0 aliphatic carbocycles. The Balaban J connectivity index is 1.89. The molecule has 10 nitrogen and oxygen atoms in total. The summed E-state index contributed by atoms with van der Waals surface area (Å²) in [6.07, 6.45) is 1.09. The Morgan fingerprint density at radius 3 is 2.70 bits per heavy atom. The first-order valence-electron chi connectivity index (χ1n) is 7.62. The first kappa shape index (κ1) is 19.4. The van der Waals surface area contributed by atoms with Gasteiger partial charge in [-0.15, -0.1) is 0 Å². The fourth-order valence-electron chi connectivity index (χ4n) is 2.39. The fraction of sp³-hybridized carbons (Fsp3) is 0.286. The van der Waals surface area contributed by atoms with E-state index < -0.39 is 21.6 Å². The van der Waals surface area contributed by atoms with E-state index >= 15 is 0 Å². The third kappa shape index (κ3) is 4.48. The van der Waals surface area contributed by atoms with E-state index in [1.165, 1.54) is 18.2 Å². The zero-order valence-corrected chi connectivity index (χ0v) is 16.0. The van der Waals surface area contributed by atoms with Crippen molar-refractivity contribution in [3.63, 3.8) is 0 Å². The Kier molecular flexibility index (Phi) is 5.53. The predicted molar refractivity (Wildman–Crippen MR) is 94.0 cm³/mol. The zero-order valence-electron chi connectivity index (χ0n) is 13.6. The highest BCUT2D eigenvalue weighted by atomic mass is 79.9. The van der Waals surface area contributed by atoms with Crippen LogP contribution in [-0.4, -0.2) is 34.2 Å². The van der Waals surface area contributed by atoms with E-state index in [9.17, 15) is 17.6 Å². The average molecular weight is 462 g/mol. The molecule has 0 radical (unpaired) electrons. The van der Waals surface area contributed by atoms with Crippen molar-refractivity contribution in [2.24, 2.45) is 5.14 Å². The summed E-state index contributed by atoms with van der Waals surface area (Å²) < 4.78 is 46.1. The molecule has 13 heteroatoms. The molecule has 0 saturated heterocycles. The first-order valence-corrected chi connectivity index (χ1v) is 10.1. The number of unbranched alkanes of at least 4 members (excludes halogenated alkanes) is 1. The molecule has 3 rings (SSSR count). The lowest BCUT2D eigenvalue weighted by Gasteiger charge is -2.04. The summed E-state index contributed by atoms with van der Waals surface area (Å²) in [5, 5.41) is 16.2. The molecule has 0 atom stereocenters. The van der Waals surface area contributed by atoms with Crippen LogP contribution < -0.4 is 10.9 Å². The van der Waals surface area contributed by atoms with E-state index in [4.69, 9.17) is 14.3 Å². The van der Waals surface area contributed by atoms with Crippen LogP contribution in [0.4, 0.5) is 4.39 Å². The Hall–Kier alpha value is -2.38. The molecular weight excluding hydrogens is 449 g/mol. The molecule has 0 bridgehead atoms. The van der Waals surface area contributed by atoms with Crippen molar-refractivity contribution in [1.29, 1.82) is 0 Å². The summed E-state index contributed by atoms with van der Waals surface area (Å²) >= 11 is 3.05. The first-order chi connectivity index (χ1) is 12.8. The van der Waals surface area contributed by atoms with Crippen LogP contribution in [-0.2, 0) is 16.4 Å². The van der Waals surface area contributed by atoms with Crippen molar-refractivity contribution in [1.82, 2.24) is 20.0 Å². The second-order valence-corrected chi connectivity index (χ2v) is 8.18. The highest BCUT2D eigenvalue weighted by Crippen LogP contribution is 2.24. The summed E-state index contributed by atoms with van der Waals surface area (Å²) in [4.78, 5) is 12.1. The number of sulfonamides is 1. The quantitative estimate of drug-likeness (QED) is 0.518. The van der Waals surface area contributed by atoms with Crippen LogP contribution >= 0.6 is 15.9 Å². The van der Waals surface area contributed by atoms with Gasteiger partial charge in [-0.05, 0) is 58.5 Å². The van der Waals surface area contributed by atoms with E-state index in [1.807, 2.05) is 0 Å². The summed E-state index contributed by atoms with van der Waals surface area (Å²) in [6, 6.07) is 3.94. The molecule has 0 unspecified atom stereocenters. The van der Waals surface area contributed by atoms with Crippen LogP contribution in [0.25, 0.3) is 17.2 Å². The van der Waals surface area contributed by atoms with Crippen LogP contribution in [0.2, 0.25) is 0 Å². The molecule has 0 spiro atoms. The van der Waals surface area contributed by atoms with Crippen LogP contribution in [0.15, 0.2) is 36.6 Å². The zero-order chi connectivity index (χ0) is 19.6. The molecule has 2 N–H and O–H groups in total. The summed E-state index contributed by atoms with van der Waals surface area (Å²) in [5.41, 5.74) is 0.831. The molecule has 0 fully saturated rings. The van der Waals surface area contributed by atoms with E-state index in [1.54, 1.807) is 0 Å². The number of primary sulfonamides is 1. The maximum Gasteiger partial charge on any atom is 0.446 e. The molecule has 27 heavy (non-hydrogen) atoms. The molecule has 0 saturated carbocycles. The predicted octanol–water partition coefficient (Wildman–Crippen LogP) is 1.39. The van der Waals surface area contributed by atoms with Crippen molar-refractivity contribution >= 4 is 26.0 Å². The van der Waals surface area contributed by atoms with E-state index in [-0.39, 0.29) is 21.7 Å². The summed E-state index contributed by atoms with van der Waals surface area (Å²) in [6.45, 7) is 0. The van der Waals surface area contributed by atoms with Gasteiger partial charge >= 0.3 is 5.76 Å². The molecule has 3 aromatic rings. The lowest BCUT2D eigenvalue weighted by Crippen LogP contribution is -2.16. The number of benzene rings is 1. The number of rotatable bonds is 7. The maximum absolute atomic E-state index is 13.5. The van der Waals surface area contributed by atoms with Gasteiger partial charge in [0.05, 0.1) is 15.9 Å². The minimum atomic E-state index is -3.54. The normalized spacial score (nSPS) is 11.8. The highest BCUT2D eigenvalue weighted by Gasteiger charge is 2.22. The smallest absolute Gasteiger partial charge is 0.295 e. The van der Waals surface area contributed by atoms with Gasteiger partial charge in [0.25, 0.3) is 0 Å². The fourth-order valence-corrected chi connectivity index (χ4v) is 3.36. The van der Waals surface area contributed by atoms with Crippen molar-refractivity contribution in [2.45, 2.75) is 19.3 Å². The van der Waals surface area contributed by atoms with Crippen molar-refractivity contribution < 1.29 is 22.0 Å². The molecule has 0 aliphatic rings. The van der Waals surface area contributed by atoms with Gasteiger partial charge in [0, 0.05) is 0 Å². The molecule has 144 valence electrons. The van der Waals surface area contributed by atoms with Crippen LogP contribution in [0.1, 0.15) is 18.5 Å². The molecule has 2 aromatic heterocycles. The lowest BCUT2D eigenvalue weighted by molar-refractivity contribution is 0.303. The minimum Gasteiger partial charge on any atom is -0.295 e. The Morgan fingerprint density at radius 1 is 1.22 bits per heavy atom. The second kappa shape index (κ2) is 7.70. The Morgan fingerprint density at radius 2 is 2.00 bits per heavy atom. The number of halogens is 2. The average Bonchev–Trinajstić information content (AvgIpc) is 3.19. The van der Waals surface area contributed by atoms with Crippen molar-refractivity contribution in [2.75, 3.05) is 5.75 Å². The maximum atomic E-state index is 13.5. The monoisotopic (exact) mass is 461 g/mol. The highest BCUT2D eigenvalue weighted by molar-refractivity contribution is 9.10. The van der Waals surface area contributed by atoms with Gasteiger partial charge in [0.15, 0.2) is 5.69 Å². The van der Waals surface area contributed by atoms with E-state index in [0.717, 1.165) is 4.57 Å². The number of hydrogen-bond acceptors (Lipinski definition) is 8. The number of hydrogen-bond donors (Lipinski definition) is 1. The molecule has 1 aromatic carbocycles. The van der Waals surface area contributed by atoms with Crippen LogP contribution in [0.5, 0.6) is 0 Å². The standard InChI is InChI=1S/C14H13BrFN5O5S/c15-9-7-8(4-5-10(9)16)21-13(20-25-14(21)22)12-11(18-26-19-12)3-1-2-6-27(17,23)24/h4-5,7H,1-3,6H2,(H2,17,23,24). The minimum absolute atomic E-state index is 0.0289. The molecule has 0 amide bonds. The van der Waals surface area contributed by atoms with Crippen molar-refractivity contribution in [3.05, 3.63) is 44.7 Å². The summed E-state index contributed by atoms with van der Waals surface area (Å²) in [7, 11) is -3.54. The lowest BCUT2D eigenvalue weighted by atomic mass is 10.1. The van der Waals surface area contributed by atoms with Gasteiger partial charge < -0.3 is 0 Å². The number of nitrogens with two attached hydrogens (primary N) is 1. The van der Waals surface area contributed by atoms with Gasteiger partial charge in [-0.1, -0.05) is 10.3 Å². The third-order valence-electron chi connectivity index (χ3n) is 3.63. The van der Waals surface area contributed by atoms with Gasteiger partial charge in [-0.25, -0.2) is 31.9 Å². The second-order valence-electron chi connectivity index (χ2n) is 5.59. The van der Waals surface area contributed by atoms with E-state index in [0.29, 0.717) is 30.6 Å².